The number of nitrogens with one attached hydrogen (secondary N) is 3. The number of hydrogen-bond donors (Lipinski definition) is 3. The number of hydrogen-bond acceptors (Lipinski definition) is 5. The summed E-state index contributed by atoms with van der Waals surface area (Å²) in [7, 11) is -3.63. The zero-order valence-corrected chi connectivity index (χ0v) is 16.4. The van der Waals surface area contributed by atoms with Crippen molar-refractivity contribution in [2.45, 2.75) is 11.1 Å². The van der Waals surface area contributed by atoms with Gasteiger partial charge in [0.15, 0.2) is 0 Å². The molecule has 28 heavy (non-hydrogen) atoms. The van der Waals surface area contributed by atoms with Gasteiger partial charge in [0.25, 0.3) is 15.9 Å². The van der Waals surface area contributed by atoms with E-state index in [4.69, 9.17) is 0 Å². The van der Waals surface area contributed by atoms with Crippen LogP contribution in [0.5, 0.6) is 0 Å². The van der Waals surface area contributed by atoms with Crippen molar-refractivity contribution in [1.29, 1.82) is 0 Å². The molecular weight excluding hydrogens is 398 g/mol. The molecule has 3 aromatic rings. The molecule has 1 heterocycles. The molecule has 3 rings (SSSR count). The third kappa shape index (κ3) is 4.96. The van der Waals surface area contributed by atoms with E-state index in [0.29, 0.717) is 22.6 Å². The zero-order valence-electron chi connectivity index (χ0n) is 14.8. The number of rotatable bonds is 6. The highest BCUT2D eigenvalue weighted by atomic mass is 32.2. The van der Waals surface area contributed by atoms with Crippen molar-refractivity contribution in [1.82, 2.24) is 0 Å². The maximum atomic E-state index is 12.3. The third-order valence-corrected chi connectivity index (χ3v) is 6.40. The van der Waals surface area contributed by atoms with Crippen LogP contribution in [0.25, 0.3) is 0 Å². The van der Waals surface area contributed by atoms with Crippen LogP contribution in [0, 0.1) is 0 Å². The van der Waals surface area contributed by atoms with Crippen molar-refractivity contribution in [3.8, 4) is 0 Å². The Morgan fingerprint density at radius 1 is 0.821 bits per heavy atom. The Morgan fingerprint density at radius 3 is 1.93 bits per heavy atom. The van der Waals surface area contributed by atoms with E-state index in [1.54, 1.807) is 35.7 Å². The highest BCUT2D eigenvalue weighted by Gasteiger charge is 2.15. The Labute approximate surface area is 166 Å². The maximum Gasteiger partial charge on any atom is 0.271 e. The summed E-state index contributed by atoms with van der Waals surface area (Å²) in [5, 5.41) is 7.07. The smallest absolute Gasteiger partial charge is 0.271 e. The summed E-state index contributed by atoms with van der Waals surface area (Å²) < 4.78 is 27.1. The fourth-order valence-electron chi connectivity index (χ4n) is 2.35. The standard InChI is InChI=1S/C19H17N3O4S2/c1-13(23)20-15-8-10-16(11-9-15)21-19(24)14-4-6-17(7-5-14)22-28(25,26)18-3-2-12-27-18/h2-12,22H,1H3,(H,20,23)(H,21,24). The maximum absolute atomic E-state index is 12.3. The minimum Gasteiger partial charge on any atom is -0.326 e. The lowest BCUT2D eigenvalue weighted by Gasteiger charge is -2.09. The summed E-state index contributed by atoms with van der Waals surface area (Å²) in [6.07, 6.45) is 0. The van der Waals surface area contributed by atoms with E-state index in [9.17, 15) is 18.0 Å². The molecule has 0 aliphatic heterocycles. The average molecular weight is 415 g/mol. The van der Waals surface area contributed by atoms with Gasteiger partial charge < -0.3 is 10.6 Å². The van der Waals surface area contributed by atoms with E-state index in [0.717, 1.165) is 11.3 Å². The number of amides is 2. The van der Waals surface area contributed by atoms with Crippen molar-refractivity contribution >= 4 is 50.2 Å². The van der Waals surface area contributed by atoms with Crippen LogP contribution >= 0.6 is 11.3 Å². The van der Waals surface area contributed by atoms with E-state index in [1.807, 2.05) is 0 Å². The molecule has 1 aromatic heterocycles. The first-order chi connectivity index (χ1) is 13.3. The second-order valence-corrected chi connectivity index (χ2v) is 8.68. The van der Waals surface area contributed by atoms with E-state index in [1.165, 1.54) is 37.3 Å². The number of benzene rings is 2. The van der Waals surface area contributed by atoms with Gasteiger partial charge in [-0.15, -0.1) is 11.3 Å². The molecule has 0 atom stereocenters. The molecule has 0 saturated carbocycles. The predicted octanol–water partition coefficient (Wildman–Crippen LogP) is 3.76. The summed E-state index contributed by atoms with van der Waals surface area (Å²) in [6.45, 7) is 1.42. The molecule has 0 unspecified atom stereocenters. The van der Waals surface area contributed by atoms with Gasteiger partial charge >= 0.3 is 0 Å². The van der Waals surface area contributed by atoms with Gasteiger partial charge in [0, 0.05) is 29.5 Å². The quantitative estimate of drug-likeness (QED) is 0.570. The summed E-state index contributed by atoms with van der Waals surface area (Å²) >= 11 is 1.12. The van der Waals surface area contributed by atoms with Crippen LogP contribution in [0.15, 0.2) is 70.3 Å². The van der Waals surface area contributed by atoms with E-state index < -0.39 is 10.0 Å². The Hall–Kier alpha value is -3.17. The normalized spacial score (nSPS) is 10.9. The van der Waals surface area contributed by atoms with Gasteiger partial charge in [0.2, 0.25) is 5.91 Å². The van der Waals surface area contributed by atoms with Gasteiger partial charge in [-0.3, -0.25) is 14.3 Å². The van der Waals surface area contributed by atoms with Gasteiger partial charge in [0.05, 0.1) is 0 Å². The number of carbonyl (C=O) groups is 2. The SMILES string of the molecule is CC(=O)Nc1ccc(NC(=O)c2ccc(NS(=O)(=O)c3cccs3)cc2)cc1. The minimum atomic E-state index is -3.63. The second-order valence-electron chi connectivity index (χ2n) is 5.83. The topological polar surface area (TPSA) is 104 Å². The molecule has 0 aliphatic carbocycles. The molecule has 2 amide bonds. The number of thiophene rings is 1. The Morgan fingerprint density at radius 2 is 1.39 bits per heavy atom. The summed E-state index contributed by atoms with van der Waals surface area (Å²) in [5.74, 6) is -0.508. The third-order valence-electron chi connectivity index (χ3n) is 3.62. The molecule has 0 bridgehead atoms. The Bertz CT molecular complexity index is 1080. The summed E-state index contributed by atoms with van der Waals surface area (Å²) in [6, 6.07) is 16.0. The van der Waals surface area contributed by atoms with Crippen LogP contribution in [0.1, 0.15) is 17.3 Å². The van der Waals surface area contributed by atoms with Crippen LogP contribution in [0.3, 0.4) is 0 Å². The van der Waals surface area contributed by atoms with E-state index >= 15 is 0 Å². The Balaban J connectivity index is 1.64. The highest BCUT2D eigenvalue weighted by molar-refractivity contribution is 7.94. The van der Waals surface area contributed by atoms with Crippen LogP contribution < -0.4 is 15.4 Å². The van der Waals surface area contributed by atoms with Crippen LogP contribution in [0.4, 0.5) is 17.1 Å². The van der Waals surface area contributed by atoms with Gasteiger partial charge in [-0.1, -0.05) is 6.07 Å². The number of carbonyl (C=O) groups excluding carboxylic acids is 2. The number of anilines is 3. The minimum absolute atomic E-state index is 0.174. The molecule has 0 fully saturated rings. The van der Waals surface area contributed by atoms with Crippen molar-refractivity contribution in [3.63, 3.8) is 0 Å². The van der Waals surface area contributed by atoms with Crippen molar-refractivity contribution in [2.75, 3.05) is 15.4 Å². The predicted molar refractivity (Wildman–Crippen MR) is 110 cm³/mol. The van der Waals surface area contributed by atoms with Crippen molar-refractivity contribution in [2.24, 2.45) is 0 Å². The van der Waals surface area contributed by atoms with Crippen molar-refractivity contribution in [3.05, 3.63) is 71.6 Å². The second kappa shape index (κ2) is 8.24. The Kier molecular flexibility index (Phi) is 5.76. The average Bonchev–Trinajstić information content (AvgIpc) is 3.19. The monoisotopic (exact) mass is 415 g/mol. The molecule has 3 N–H and O–H groups in total. The van der Waals surface area contributed by atoms with Crippen LogP contribution in [-0.2, 0) is 14.8 Å². The first-order valence-electron chi connectivity index (χ1n) is 8.19. The molecule has 144 valence electrons. The fraction of sp³-hybridized carbons (Fsp3) is 0.0526. The van der Waals surface area contributed by atoms with Crippen LogP contribution in [-0.4, -0.2) is 20.2 Å². The molecule has 7 nitrogen and oxygen atoms in total. The fourth-order valence-corrected chi connectivity index (χ4v) is 4.41. The molecule has 2 aromatic carbocycles. The lowest BCUT2D eigenvalue weighted by atomic mass is 10.2. The van der Waals surface area contributed by atoms with Gasteiger partial charge in [-0.25, -0.2) is 8.42 Å². The van der Waals surface area contributed by atoms with E-state index in [2.05, 4.69) is 15.4 Å². The van der Waals surface area contributed by atoms with Gasteiger partial charge in [-0.05, 0) is 60.0 Å². The van der Waals surface area contributed by atoms with Crippen LogP contribution in [0.2, 0.25) is 0 Å². The van der Waals surface area contributed by atoms with Gasteiger partial charge in [0.1, 0.15) is 4.21 Å². The first kappa shape index (κ1) is 19.6. The lowest BCUT2D eigenvalue weighted by Crippen LogP contribution is -2.13. The molecule has 0 aliphatic rings. The summed E-state index contributed by atoms with van der Waals surface area (Å²) in [5.41, 5.74) is 1.95. The van der Waals surface area contributed by atoms with Crippen molar-refractivity contribution < 1.29 is 18.0 Å². The molecule has 0 radical (unpaired) electrons. The highest BCUT2D eigenvalue weighted by Crippen LogP contribution is 2.21. The van der Waals surface area contributed by atoms with Gasteiger partial charge in [-0.2, -0.15) is 0 Å². The zero-order chi connectivity index (χ0) is 20.1. The van der Waals surface area contributed by atoms with E-state index in [-0.39, 0.29) is 16.0 Å². The summed E-state index contributed by atoms with van der Waals surface area (Å²) in [4.78, 5) is 23.4. The number of sulfonamides is 1. The molecule has 0 saturated heterocycles. The molecular formula is C19H17N3O4S2. The largest absolute Gasteiger partial charge is 0.326 e. The first-order valence-corrected chi connectivity index (χ1v) is 10.6. The molecule has 0 spiro atoms. The lowest BCUT2D eigenvalue weighted by molar-refractivity contribution is -0.114. The molecule has 9 heteroatoms.